The summed E-state index contributed by atoms with van der Waals surface area (Å²) >= 11 is 0. The van der Waals surface area contributed by atoms with Gasteiger partial charge in [0.05, 0.1) is 12.5 Å². The average molecular weight is 494 g/mol. The SMILES string of the molecule is CN1CCN(C2CCN(C(=O)[C@@H](NC(=O)[C@H](CC3CCCC3)CN(O)C=O)C(C)(C)C)CC2)CC1. The number of nitrogens with zero attached hydrogens (tertiary/aromatic N) is 4. The highest BCUT2D eigenvalue weighted by atomic mass is 16.5. The molecule has 9 heteroatoms. The molecule has 3 amide bonds. The molecule has 0 aromatic rings. The molecule has 0 radical (unpaired) electrons. The van der Waals surface area contributed by atoms with Crippen LogP contribution >= 0.6 is 0 Å². The number of piperidine rings is 1. The van der Waals surface area contributed by atoms with Gasteiger partial charge in [0.1, 0.15) is 6.04 Å². The van der Waals surface area contributed by atoms with Crippen molar-refractivity contribution in [3.63, 3.8) is 0 Å². The second-order valence-electron chi connectivity index (χ2n) is 12.0. The summed E-state index contributed by atoms with van der Waals surface area (Å²) in [4.78, 5) is 44.9. The van der Waals surface area contributed by atoms with E-state index >= 15 is 0 Å². The lowest BCUT2D eigenvalue weighted by Crippen LogP contribution is -2.59. The Morgan fingerprint density at radius 2 is 1.63 bits per heavy atom. The van der Waals surface area contributed by atoms with Crippen molar-refractivity contribution in [1.82, 2.24) is 25.1 Å². The van der Waals surface area contributed by atoms with Gasteiger partial charge in [-0.25, -0.2) is 5.06 Å². The Balaban J connectivity index is 1.61. The third-order valence-electron chi connectivity index (χ3n) is 8.22. The van der Waals surface area contributed by atoms with Crippen molar-refractivity contribution in [2.24, 2.45) is 17.3 Å². The normalized spacial score (nSPS) is 23.2. The van der Waals surface area contributed by atoms with Gasteiger partial charge in [-0.3, -0.25) is 24.5 Å². The predicted molar refractivity (Wildman–Crippen MR) is 135 cm³/mol. The van der Waals surface area contributed by atoms with Crippen LogP contribution in [0.2, 0.25) is 0 Å². The van der Waals surface area contributed by atoms with Crippen molar-refractivity contribution in [3.8, 4) is 0 Å². The molecule has 0 spiro atoms. The van der Waals surface area contributed by atoms with Crippen LogP contribution in [0.4, 0.5) is 0 Å². The summed E-state index contributed by atoms with van der Waals surface area (Å²) in [5.41, 5.74) is -0.456. The summed E-state index contributed by atoms with van der Waals surface area (Å²) in [5, 5.41) is 13.4. The zero-order valence-electron chi connectivity index (χ0n) is 22.2. The molecule has 9 nitrogen and oxygen atoms in total. The van der Waals surface area contributed by atoms with Crippen LogP contribution in [0.3, 0.4) is 0 Å². The second kappa shape index (κ2) is 12.5. The molecule has 3 fully saturated rings. The number of piperazine rings is 1. The first kappa shape index (κ1) is 27.9. The number of likely N-dealkylation sites (N-methyl/N-ethyl adjacent to an activating group) is 1. The first-order valence-electron chi connectivity index (χ1n) is 13.5. The maximum atomic E-state index is 13.6. The first-order chi connectivity index (χ1) is 16.6. The van der Waals surface area contributed by atoms with Crippen LogP contribution in [0.15, 0.2) is 0 Å². The van der Waals surface area contributed by atoms with E-state index in [1.807, 2.05) is 25.7 Å². The summed E-state index contributed by atoms with van der Waals surface area (Å²) in [6.07, 6.45) is 7.34. The van der Waals surface area contributed by atoms with Gasteiger partial charge in [-0.2, -0.15) is 0 Å². The van der Waals surface area contributed by atoms with Gasteiger partial charge in [0.15, 0.2) is 0 Å². The highest BCUT2D eigenvalue weighted by Gasteiger charge is 2.39. The Morgan fingerprint density at radius 3 is 2.17 bits per heavy atom. The Morgan fingerprint density at radius 1 is 1.03 bits per heavy atom. The standard InChI is InChI=1S/C26H47N5O4/c1-26(2,3)23(27-24(33)21(18-31(35)19-32)17-20-7-5-6-8-20)25(34)30-11-9-22(10-12-30)29-15-13-28(4)14-16-29/h19-23,35H,5-18H2,1-4H3,(H,27,33)/t21-,23-/m1/s1. The van der Waals surface area contributed by atoms with Gasteiger partial charge in [-0.15, -0.1) is 0 Å². The fourth-order valence-electron chi connectivity index (χ4n) is 5.91. The fourth-order valence-corrected chi connectivity index (χ4v) is 5.91. The van der Waals surface area contributed by atoms with Gasteiger partial charge in [0, 0.05) is 45.3 Å². The molecule has 1 saturated carbocycles. The Bertz CT molecular complexity index is 705. The van der Waals surface area contributed by atoms with Gasteiger partial charge < -0.3 is 15.1 Å². The van der Waals surface area contributed by atoms with Crippen molar-refractivity contribution < 1.29 is 19.6 Å². The molecule has 0 aromatic heterocycles. The van der Waals surface area contributed by atoms with E-state index in [0.29, 0.717) is 42.9 Å². The number of amides is 3. The van der Waals surface area contributed by atoms with E-state index in [9.17, 15) is 19.6 Å². The third kappa shape index (κ3) is 7.89. The monoisotopic (exact) mass is 493 g/mol. The molecule has 2 heterocycles. The number of hydroxylamine groups is 2. The quantitative estimate of drug-likeness (QED) is 0.289. The van der Waals surface area contributed by atoms with Gasteiger partial charge in [0.2, 0.25) is 18.2 Å². The zero-order valence-corrected chi connectivity index (χ0v) is 22.2. The molecule has 2 saturated heterocycles. The molecule has 3 aliphatic rings. The molecule has 0 aromatic carbocycles. The Kier molecular flexibility index (Phi) is 9.95. The highest BCUT2D eigenvalue weighted by Crippen LogP contribution is 2.31. The molecule has 1 aliphatic carbocycles. The van der Waals surface area contributed by atoms with E-state index < -0.39 is 17.4 Å². The lowest BCUT2D eigenvalue weighted by atomic mass is 9.84. The summed E-state index contributed by atoms with van der Waals surface area (Å²) in [7, 11) is 2.16. The topological polar surface area (TPSA) is 96.4 Å². The van der Waals surface area contributed by atoms with Crippen LogP contribution in [0.5, 0.6) is 0 Å². The number of nitrogens with one attached hydrogen (secondary N) is 1. The number of rotatable bonds is 9. The molecule has 3 rings (SSSR count). The Labute approximate surface area is 211 Å². The van der Waals surface area contributed by atoms with Crippen molar-refractivity contribution in [1.29, 1.82) is 0 Å². The molecular formula is C26H47N5O4. The number of carbonyl (C=O) groups excluding carboxylic acids is 3. The molecule has 200 valence electrons. The van der Waals surface area contributed by atoms with Crippen molar-refractivity contribution in [2.45, 2.75) is 77.8 Å². The van der Waals surface area contributed by atoms with Crippen molar-refractivity contribution in [3.05, 3.63) is 0 Å². The Hall–Kier alpha value is -1.71. The van der Waals surface area contributed by atoms with E-state index in [1.54, 1.807) is 0 Å². The van der Waals surface area contributed by atoms with Crippen molar-refractivity contribution >= 4 is 18.2 Å². The molecule has 2 aliphatic heterocycles. The summed E-state index contributed by atoms with van der Waals surface area (Å²) in [6.45, 7) is 11.6. The van der Waals surface area contributed by atoms with E-state index in [4.69, 9.17) is 0 Å². The number of likely N-dealkylation sites (tertiary alicyclic amines) is 1. The maximum absolute atomic E-state index is 13.6. The fraction of sp³-hybridized carbons (Fsp3) is 0.885. The van der Waals surface area contributed by atoms with E-state index in [0.717, 1.165) is 64.7 Å². The molecule has 0 bridgehead atoms. The minimum absolute atomic E-state index is 0.0291. The third-order valence-corrected chi connectivity index (χ3v) is 8.22. The second-order valence-corrected chi connectivity index (χ2v) is 12.0. The van der Waals surface area contributed by atoms with Gasteiger partial charge in [-0.05, 0) is 37.6 Å². The first-order valence-corrected chi connectivity index (χ1v) is 13.5. The molecule has 35 heavy (non-hydrogen) atoms. The van der Waals surface area contributed by atoms with E-state index in [2.05, 4.69) is 22.2 Å². The van der Waals surface area contributed by atoms with E-state index in [-0.39, 0.29) is 18.4 Å². The smallest absolute Gasteiger partial charge is 0.245 e. The van der Waals surface area contributed by atoms with Crippen LogP contribution in [-0.4, -0.2) is 108 Å². The molecular weight excluding hydrogens is 446 g/mol. The minimum atomic E-state index is -0.648. The summed E-state index contributed by atoms with van der Waals surface area (Å²) < 4.78 is 0. The maximum Gasteiger partial charge on any atom is 0.245 e. The van der Waals surface area contributed by atoms with E-state index in [1.165, 1.54) is 0 Å². The van der Waals surface area contributed by atoms with Crippen LogP contribution < -0.4 is 5.32 Å². The molecule has 0 unspecified atom stereocenters. The number of carbonyl (C=O) groups is 3. The van der Waals surface area contributed by atoms with Gasteiger partial charge in [0.25, 0.3) is 0 Å². The number of hydrogen-bond acceptors (Lipinski definition) is 6. The molecule has 2 N–H and O–H groups in total. The van der Waals surface area contributed by atoms with Crippen molar-refractivity contribution in [2.75, 3.05) is 52.9 Å². The number of hydrogen-bond donors (Lipinski definition) is 2. The highest BCUT2D eigenvalue weighted by molar-refractivity contribution is 5.89. The van der Waals surface area contributed by atoms with Gasteiger partial charge in [-0.1, -0.05) is 46.5 Å². The predicted octanol–water partition coefficient (Wildman–Crippen LogP) is 1.80. The minimum Gasteiger partial charge on any atom is -0.344 e. The van der Waals surface area contributed by atoms with Gasteiger partial charge >= 0.3 is 0 Å². The van der Waals surface area contributed by atoms with Crippen LogP contribution in [0.1, 0.15) is 65.7 Å². The largest absolute Gasteiger partial charge is 0.344 e. The molecule has 2 atom stereocenters. The summed E-state index contributed by atoms with van der Waals surface area (Å²) in [5.74, 6) is -0.394. The lowest BCUT2D eigenvalue weighted by Gasteiger charge is -2.43. The van der Waals surface area contributed by atoms with Crippen LogP contribution in [0.25, 0.3) is 0 Å². The average Bonchev–Trinajstić information content (AvgIpc) is 3.34. The summed E-state index contributed by atoms with van der Waals surface area (Å²) in [6, 6.07) is -0.130. The van der Waals surface area contributed by atoms with Crippen LogP contribution in [-0.2, 0) is 14.4 Å². The van der Waals surface area contributed by atoms with Crippen LogP contribution in [0, 0.1) is 17.3 Å². The lowest BCUT2D eigenvalue weighted by molar-refractivity contribution is -0.156. The zero-order chi connectivity index (χ0) is 25.6.